The summed E-state index contributed by atoms with van der Waals surface area (Å²) in [6, 6.07) is 8.15. The number of hydrogen-bond acceptors (Lipinski definition) is 3. The van der Waals surface area contributed by atoms with Gasteiger partial charge in [-0.05, 0) is 30.7 Å². The van der Waals surface area contributed by atoms with E-state index in [-0.39, 0.29) is 17.7 Å². The maximum atomic E-state index is 11.9. The molecule has 102 valence electrons. The number of benzene rings is 1. The molecule has 0 saturated heterocycles. The van der Waals surface area contributed by atoms with Crippen LogP contribution < -0.4 is 4.74 Å². The third kappa shape index (κ3) is 2.05. The minimum atomic E-state index is 0.0830. The van der Waals surface area contributed by atoms with Crippen LogP contribution in [0.3, 0.4) is 0 Å². The Morgan fingerprint density at radius 1 is 1.20 bits per heavy atom. The minimum absolute atomic E-state index is 0.0830. The van der Waals surface area contributed by atoms with E-state index in [0.29, 0.717) is 0 Å². The molecule has 0 bridgehead atoms. The van der Waals surface area contributed by atoms with Crippen molar-refractivity contribution in [2.45, 2.75) is 18.9 Å². The molecule has 1 aromatic rings. The molecule has 0 aliphatic carbocycles. The maximum absolute atomic E-state index is 11.9. The Labute approximate surface area is 118 Å². The Balaban J connectivity index is 2.00. The van der Waals surface area contributed by atoms with E-state index in [1.807, 2.05) is 48.8 Å². The van der Waals surface area contributed by atoms with Crippen LogP contribution >= 0.6 is 0 Å². The second kappa shape index (κ2) is 5.00. The molecule has 2 heterocycles. The molecule has 3 nitrogen and oxygen atoms in total. The number of carbonyl (C=O) groups is 1. The Bertz CT molecular complexity index is 610. The molecule has 20 heavy (non-hydrogen) atoms. The smallest absolute Gasteiger partial charge is 0.157 e. The lowest BCUT2D eigenvalue weighted by atomic mass is 9.85. The summed E-state index contributed by atoms with van der Waals surface area (Å²) in [5.74, 6) is 1.04. The highest BCUT2D eigenvalue weighted by atomic mass is 16.5. The topological polar surface area (TPSA) is 29.5 Å². The lowest BCUT2D eigenvalue weighted by Crippen LogP contribution is -2.27. The maximum Gasteiger partial charge on any atom is 0.157 e. The molecule has 0 spiro atoms. The van der Waals surface area contributed by atoms with E-state index >= 15 is 0 Å². The first kappa shape index (κ1) is 12.7. The molecule has 0 fully saturated rings. The molecule has 0 aromatic heterocycles. The molecule has 0 amide bonds. The number of ether oxygens (including phenoxy) is 1. The summed E-state index contributed by atoms with van der Waals surface area (Å²) in [6.45, 7) is 1.63. The zero-order valence-electron chi connectivity index (χ0n) is 11.6. The van der Waals surface area contributed by atoms with Crippen LogP contribution in [0.1, 0.15) is 18.4 Å². The normalized spacial score (nSPS) is 23.5. The summed E-state index contributed by atoms with van der Waals surface area (Å²) in [7, 11) is 1.65. The molecule has 2 aliphatic heterocycles. The van der Waals surface area contributed by atoms with Gasteiger partial charge in [-0.1, -0.05) is 24.3 Å². The fraction of sp³-hybridized carbons (Fsp3) is 0.235. The number of hydrogen-bond donors (Lipinski definition) is 0. The summed E-state index contributed by atoms with van der Waals surface area (Å²) >= 11 is 0. The highest BCUT2D eigenvalue weighted by molar-refractivity contribution is 5.95. The van der Waals surface area contributed by atoms with Crippen molar-refractivity contribution < 1.29 is 9.53 Å². The van der Waals surface area contributed by atoms with Gasteiger partial charge in [0.1, 0.15) is 5.75 Å². The highest BCUT2D eigenvalue weighted by Gasteiger charge is 2.36. The van der Waals surface area contributed by atoms with Crippen LogP contribution in [0, 0.1) is 0 Å². The molecule has 3 rings (SSSR count). The van der Waals surface area contributed by atoms with Crippen LogP contribution in [0.5, 0.6) is 5.75 Å². The first-order valence-electron chi connectivity index (χ1n) is 6.70. The van der Waals surface area contributed by atoms with Gasteiger partial charge in [-0.3, -0.25) is 4.79 Å². The second-order valence-corrected chi connectivity index (χ2v) is 5.06. The largest absolute Gasteiger partial charge is 0.497 e. The van der Waals surface area contributed by atoms with Gasteiger partial charge < -0.3 is 9.64 Å². The summed E-state index contributed by atoms with van der Waals surface area (Å²) in [5.41, 5.74) is 2.00. The number of carbonyl (C=O) groups excluding carboxylic acids is 1. The molecule has 2 atom stereocenters. The van der Waals surface area contributed by atoms with Crippen molar-refractivity contribution >= 4 is 5.78 Å². The summed E-state index contributed by atoms with van der Waals surface area (Å²) in [5, 5.41) is 0. The third-order valence-electron chi connectivity index (χ3n) is 3.87. The van der Waals surface area contributed by atoms with Crippen molar-refractivity contribution in [1.29, 1.82) is 0 Å². The van der Waals surface area contributed by atoms with Crippen LogP contribution in [-0.4, -0.2) is 23.8 Å². The van der Waals surface area contributed by atoms with Crippen LogP contribution in [0.15, 0.2) is 60.5 Å². The second-order valence-electron chi connectivity index (χ2n) is 5.06. The zero-order valence-corrected chi connectivity index (χ0v) is 11.6. The van der Waals surface area contributed by atoms with Crippen LogP contribution in [0.4, 0.5) is 0 Å². The molecule has 0 N–H and O–H groups in total. The van der Waals surface area contributed by atoms with Crippen molar-refractivity contribution in [1.82, 2.24) is 4.90 Å². The lowest BCUT2D eigenvalue weighted by molar-refractivity contribution is -0.113. The van der Waals surface area contributed by atoms with E-state index < -0.39 is 0 Å². The van der Waals surface area contributed by atoms with Crippen molar-refractivity contribution in [3.05, 3.63) is 66.0 Å². The number of allylic oxidation sites excluding steroid dienone is 2. The van der Waals surface area contributed by atoms with Crippen molar-refractivity contribution in [3.8, 4) is 5.75 Å². The fourth-order valence-electron chi connectivity index (χ4n) is 2.86. The molecule has 3 heteroatoms. The summed E-state index contributed by atoms with van der Waals surface area (Å²) < 4.78 is 5.20. The van der Waals surface area contributed by atoms with E-state index in [1.54, 1.807) is 14.0 Å². The monoisotopic (exact) mass is 267 g/mol. The van der Waals surface area contributed by atoms with E-state index in [1.165, 1.54) is 0 Å². The minimum Gasteiger partial charge on any atom is -0.497 e. The van der Waals surface area contributed by atoms with E-state index in [9.17, 15) is 4.79 Å². The number of ketones is 1. The van der Waals surface area contributed by atoms with E-state index in [2.05, 4.69) is 11.0 Å². The van der Waals surface area contributed by atoms with Gasteiger partial charge in [0.15, 0.2) is 5.78 Å². The van der Waals surface area contributed by atoms with Gasteiger partial charge in [-0.2, -0.15) is 0 Å². The number of Topliss-reactive ketones (excluding diaryl/α,β-unsaturated/α-hetero) is 1. The lowest BCUT2D eigenvalue weighted by Gasteiger charge is -2.27. The van der Waals surface area contributed by atoms with Crippen LogP contribution in [-0.2, 0) is 4.79 Å². The zero-order chi connectivity index (χ0) is 14.1. The number of rotatable bonds is 3. The van der Waals surface area contributed by atoms with Gasteiger partial charge >= 0.3 is 0 Å². The Morgan fingerprint density at radius 2 is 1.95 bits per heavy atom. The molecule has 0 saturated carbocycles. The predicted octanol–water partition coefficient (Wildman–Crippen LogP) is 3.02. The number of nitrogens with zero attached hydrogens (tertiary/aromatic N) is 1. The van der Waals surface area contributed by atoms with Gasteiger partial charge in [-0.25, -0.2) is 0 Å². The van der Waals surface area contributed by atoms with Crippen LogP contribution in [0.25, 0.3) is 0 Å². The third-order valence-corrected chi connectivity index (χ3v) is 3.87. The molecular formula is C17H17NO2. The van der Waals surface area contributed by atoms with Crippen LogP contribution in [0.2, 0.25) is 0 Å². The summed E-state index contributed by atoms with van der Waals surface area (Å²) in [6.07, 6.45) is 10.1. The highest BCUT2D eigenvalue weighted by Crippen LogP contribution is 2.39. The predicted molar refractivity (Wildman–Crippen MR) is 78.4 cm³/mol. The van der Waals surface area contributed by atoms with Gasteiger partial charge in [0.05, 0.1) is 13.2 Å². The van der Waals surface area contributed by atoms with Gasteiger partial charge in [0.25, 0.3) is 0 Å². The van der Waals surface area contributed by atoms with E-state index in [4.69, 9.17) is 4.74 Å². The van der Waals surface area contributed by atoms with Gasteiger partial charge in [0.2, 0.25) is 0 Å². The van der Waals surface area contributed by atoms with Crippen molar-refractivity contribution in [3.63, 3.8) is 0 Å². The fourth-order valence-corrected chi connectivity index (χ4v) is 2.86. The standard InChI is InChI=1S/C17H17NO2/c1-12(19)15-11-18-10-4-3-5-16(18)17(15)13-6-8-14(20-2)9-7-13/h3-11,16-17H,1-2H3. The molecule has 1 aromatic carbocycles. The molecule has 0 radical (unpaired) electrons. The van der Waals surface area contributed by atoms with Crippen molar-refractivity contribution in [2.75, 3.05) is 7.11 Å². The first-order chi connectivity index (χ1) is 9.70. The molecule has 2 unspecified atom stereocenters. The SMILES string of the molecule is COc1ccc(C2C(C(C)=O)=CN3C=CC=CC23)cc1. The average molecular weight is 267 g/mol. The number of methoxy groups -OCH3 is 1. The molecule has 2 aliphatic rings. The quantitative estimate of drug-likeness (QED) is 0.843. The Kier molecular flexibility index (Phi) is 3.18. The van der Waals surface area contributed by atoms with Crippen molar-refractivity contribution in [2.24, 2.45) is 0 Å². The average Bonchev–Trinajstić information content (AvgIpc) is 2.87. The van der Waals surface area contributed by atoms with Gasteiger partial charge in [0, 0.05) is 23.9 Å². The Hall–Kier alpha value is -2.29. The van der Waals surface area contributed by atoms with E-state index in [0.717, 1.165) is 16.9 Å². The Morgan fingerprint density at radius 3 is 2.60 bits per heavy atom. The van der Waals surface area contributed by atoms with Gasteiger partial charge in [-0.15, -0.1) is 0 Å². The first-order valence-corrected chi connectivity index (χ1v) is 6.70. The number of fused-ring (bicyclic) bond motifs is 1. The molecular weight excluding hydrogens is 250 g/mol. The summed E-state index contributed by atoms with van der Waals surface area (Å²) in [4.78, 5) is 14.0.